The van der Waals surface area contributed by atoms with E-state index in [1.807, 2.05) is 0 Å². The van der Waals surface area contributed by atoms with Gasteiger partial charge >= 0.3 is 0 Å². The minimum atomic E-state index is -0.157. The quantitative estimate of drug-likeness (QED) is 0.145. The van der Waals surface area contributed by atoms with Gasteiger partial charge in [-0.25, -0.2) is 0 Å². The van der Waals surface area contributed by atoms with E-state index in [1.54, 1.807) is 0 Å². The van der Waals surface area contributed by atoms with Gasteiger partial charge in [-0.2, -0.15) is 0 Å². The Kier molecular flexibility index (Phi) is 4.44. The zero-order valence-electron chi connectivity index (χ0n) is 29.1. The Balaban J connectivity index is 1.20. The lowest BCUT2D eigenvalue weighted by atomic mass is 9.27. The summed E-state index contributed by atoms with van der Waals surface area (Å²) in [4.78, 5) is 0. The lowest BCUT2D eigenvalue weighted by molar-refractivity contribution is 0.622. The van der Waals surface area contributed by atoms with Crippen LogP contribution in [0.1, 0.15) is 49.9 Å². The van der Waals surface area contributed by atoms with Crippen LogP contribution in [0.2, 0.25) is 0 Å². The van der Waals surface area contributed by atoms with E-state index in [1.165, 1.54) is 115 Å². The van der Waals surface area contributed by atoms with Gasteiger partial charge in [-0.3, -0.25) is 0 Å². The third kappa shape index (κ3) is 2.85. The summed E-state index contributed by atoms with van der Waals surface area (Å²) in [5, 5.41) is 10.8. The molecular formula is C48H33BN2. The number of benzene rings is 7. The lowest BCUT2D eigenvalue weighted by Crippen LogP contribution is -2.66. The first-order valence-corrected chi connectivity index (χ1v) is 18.4. The summed E-state index contributed by atoms with van der Waals surface area (Å²) in [6.07, 6.45) is 0. The number of nitrogens with zero attached hydrogens (tertiary/aromatic N) is 2. The molecule has 0 spiro atoms. The summed E-state index contributed by atoms with van der Waals surface area (Å²) < 4.78 is 5.09. The van der Waals surface area contributed by atoms with E-state index < -0.39 is 0 Å². The maximum atomic E-state index is 2.60. The summed E-state index contributed by atoms with van der Waals surface area (Å²) in [7, 11) is 0. The largest absolute Gasteiger partial charge is 0.308 e. The second kappa shape index (κ2) is 8.38. The molecule has 0 aliphatic carbocycles. The third-order valence-corrected chi connectivity index (χ3v) is 13.5. The maximum Gasteiger partial charge on any atom is 0.242 e. The minimum Gasteiger partial charge on any atom is -0.308 e. The highest BCUT2D eigenvalue weighted by Gasteiger charge is 2.48. The van der Waals surface area contributed by atoms with Crippen LogP contribution in [0.25, 0.3) is 76.2 Å². The van der Waals surface area contributed by atoms with Crippen molar-refractivity contribution in [3.63, 3.8) is 0 Å². The fourth-order valence-electron chi connectivity index (χ4n) is 11.3. The van der Waals surface area contributed by atoms with E-state index in [2.05, 4.69) is 164 Å². The fourth-order valence-corrected chi connectivity index (χ4v) is 11.3. The average Bonchev–Trinajstić information content (AvgIpc) is 3.87. The number of rotatable bonds is 0. The summed E-state index contributed by atoms with van der Waals surface area (Å²) in [5.41, 5.74) is 17.9. The van der Waals surface area contributed by atoms with Crippen LogP contribution in [0, 0.1) is 0 Å². The Morgan fingerprint density at radius 1 is 0.373 bits per heavy atom. The van der Waals surface area contributed by atoms with E-state index in [0.29, 0.717) is 0 Å². The smallest absolute Gasteiger partial charge is 0.242 e. The van der Waals surface area contributed by atoms with Gasteiger partial charge in [0.25, 0.3) is 0 Å². The number of fused-ring (bicyclic) bond motifs is 16. The van der Waals surface area contributed by atoms with Crippen LogP contribution in [0.15, 0.2) is 127 Å². The monoisotopic (exact) mass is 648 g/mol. The number of aromatic nitrogens is 2. The van der Waals surface area contributed by atoms with Gasteiger partial charge < -0.3 is 8.80 Å². The van der Waals surface area contributed by atoms with Crippen molar-refractivity contribution in [2.75, 3.05) is 0 Å². The molecule has 0 radical (unpaired) electrons. The van der Waals surface area contributed by atoms with Gasteiger partial charge in [0.05, 0.1) is 33.1 Å². The second-order valence-electron chi connectivity index (χ2n) is 16.5. The first kappa shape index (κ1) is 27.0. The molecule has 2 aliphatic heterocycles. The topological polar surface area (TPSA) is 8.82 Å². The minimum absolute atomic E-state index is 0.157. The molecule has 2 nitrogen and oxygen atoms in total. The van der Waals surface area contributed by atoms with Gasteiger partial charge in [-0.05, 0) is 46.5 Å². The summed E-state index contributed by atoms with van der Waals surface area (Å²) in [6, 6.07) is 49.1. The van der Waals surface area contributed by atoms with Gasteiger partial charge in [-0.15, -0.1) is 0 Å². The molecule has 4 aromatic heterocycles. The molecule has 0 bridgehead atoms. The molecule has 7 aromatic carbocycles. The van der Waals surface area contributed by atoms with Crippen molar-refractivity contribution in [2.24, 2.45) is 0 Å². The standard InChI is InChI=1S/C48H33BN2/c1-47(2)34-18-11-19-35-44(34)49(38-22-32-30-16-9-14-28-26-12-5-7-20-40(26)50(45(28)30)42(32)24-36(38)47)39-23-33-31-17-10-15-29-27-13-6-8-21-41(27)51(46(29)31)43(33)25-37(39)48(35,3)4/h5-25H,1-4H3. The van der Waals surface area contributed by atoms with E-state index in [0.717, 1.165) is 0 Å². The molecule has 238 valence electrons. The first-order valence-electron chi connectivity index (χ1n) is 18.4. The van der Waals surface area contributed by atoms with Crippen molar-refractivity contribution >= 4 is 99.3 Å². The Labute approximate surface area is 295 Å². The molecule has 0 saturated heterocycles. The van der Waals surface area contributed by atoms with Gasteiger partial charge in [0, 0.05) is 53.9 Å². The average molecular weight is 649 g/mol. The van der Waals surface area contributed by atoms with E-state index in [9.17, 15) is 0 Å². The van der Waals surface area contributed by atoms with Crippen molar-refractivity contribution < 1.29 is 0 Å². The molecule has 0 amide bonds. The summed E-state index contributed by atoms with van der Waals surface area (Å²) in [6.45, 7) is 9.99. The van der Waals surface area contributed by atoms with Crippen molar-refractivity contribution in [1.29, 1.82) is 0 Å². The van der Waals surface area contributed by atoms with Crippen molar-refractivity contribution in [3.8, 4) is 0 Å². The van der Waals surface area contributed by atoms with Gasteiger partial charge in [0.15, 0.2) is 0 Å². The number of para-hydroxylation sites is 4. The molecule has 0 saturated carbocycles. The molecule has 0 fully saturated rings. The molecule has 51 heavy (non-hydrogen) atoms. The third-order valence-electron chi connectivity index (χ3n) is 13.5. The van der Waals surface area contributed by atoms with Crippen LogP contribution in [0.5, 0.6) is 0 Å². The van der Waals surface area contributed by atoms with E-state index in [-0.39, 0.29) is 17.5 Å². The van der Waals surface area contributed by atoms with Crippen LogP contribution >= 0.6 is 0 Å². The van der Waals surface area contributed by atoms with Gasteiger partial charge in [-0.1, -0.05) is 147 Å². The predicted molar refractivity (Wildman–Crippen MR) is 218 cm³/mol. The SMILES string of the molecule is CC1(C)c2cc3c(cc2B2c4cc5c6cccc7c8ccccc8n(c5cc4C(C)(C)c4cccc1c42)c76)c1cccc2c4ccccc4n3c21. The maximum absolute atomic E-state index is 2.60. The van der Waals surface area contributed by atoms with Gasteiger partial charge in [0.2, 0.25) is 6.71 Å². The van der Waals surface area contributed by atoms with Crippen LogP contribution in [-0.2, 0) is 10.8 Å². The predicted octanol–water partition coefficient (Wildman–Crippen LogP) is 9.78. The Hall–Kier alpha value is -5.80. The highest BCUT2D eigenvalue weighted by molar-refractivity contribution is 6.97. The highest BCUT2D eigenvalue weighted by atomic mass is 14.9. The number of hydrogen-bond acceptors (Lipinski definition) is 0. The van der Waals surface area contributed by atoms with Crippen LogP contribution < -0.4 is 16.4 Å². The molecule has 2 aliphatic rings. The van der Waals surface area contributed by atoms with E-state index in [4.69, 9.17) is 0 Å². The lowest BCUT2D eigenvalue weighted by Gasteiger charge is -2.46. The Morgan fingerprint density at radius 3 is 1.24 bits per heavy atom. The summed E-state index contributed by atoms with van der Waals surface area (Å²) >= 11 is 0. The van der Waals surface area contributed by atoms with Crippen LogP contribution in [-0.4, -0.2) is 15.5 Å². The van der Waals surface area contributed by atoms with Crippen LogP contribution in [0.4, 0.5) is 0 Å². The second-order valence-corrected chi connectivity index (χ2v) is 16.5. The molecule has 3 heteroatoms. The zero-order chi connectivity index (χ0) is 33.7. The molecule has 0 N–H and O–H groups in total. The highest BCUT2D eigenvalue weighted by Crippen LogP contribution is 2.46. The fraction of sp³-hybridized carbons (Fsp3) is 0.125. The van der Waals surface area contributed by atoms with E-state index >= 15 is 0 Å². The zero-order valence-corrected chi connectivity index (χ0v) is 29.1. The molecule has 13 rings (SSSR count). The van der Waals surface area contributed by atoms with Crippen LogP contribution in [0.3, 0.4) is 0 Å². The van der Waals surface area contributed by atoms with Crippen molar-refractivity contribution in [3.05, 3.63) is 150 Å². The molecular weight excluding hydrogens is 615 g/mol. The van der Waals surface area contributed by atoms with Crippen molar-refractivity contribution in [1.82, 2.24) is 8.80 Å². The molecule has 6 heterocycles. The molecule has 11 aromatic rings. The van der Waals surface area contributed by atoms with Crippen molar-refractivity contribution in [2.45, 2.75) is 38.5 Å². The number of hydrogen-bond donors (Lipinski definition) is 0. The molecule has 0 atom stereocenters. The molecule has 0 unspecified atom stereocenters. The first-order chi connectivity index (χ1) is 24.8. The Morgan fingerprint density at radius 2 is 0.765 bits per heavy atom. The summed E-state index contributed by atoms with van der Waals surface area (Å²) in [5.74, 6) is 0. The normalized spacial score (nSPS) is 16.1. The Bertz CT molecular complexity index is 3150. The van der Waals surface area contributed by atoms with Gasteiger partial charge in [0.1, 0.15) is 0 Å².